The quantitative estimate of drug-likeness (QED) is 0.783. The highest BCUT2D eigenvalue weighted by atomic mass is 16.2. The third-order valence-corrected chi connectivity index (χ3v) is 6.28. The van der Waals surface area contributed by atoms with Crippen LogP contribution in [-0.4, -0.2) is 66.2 Å². The smallest absolute Gasteiger partial charge is 0.257 e. The van der Waals surface area contributed by atoms with E-state index in [-0.39, 0.29) is 11.9 Å². The van der Waals surface area contributed by atoms with Crippen LogP contribution in [0, 0.1) is 20.8 Å². The molecular formula is C25H32N4O. The molecule has 0 spiro atoms. The lowest BCUT2D eigenvalue weighted by Crippen LogP contribution is -2.48. The van der Waals surface area contributed by atoms with Gasteiger partial charge >= 0.3 is 0 Å². The molecule has 2 aliphatic rings. The topological polar surface area (TPSA) is 39.2 Å². The molecule has 4 rings (SSSR count). The Balaban J connectivity index is 1.60. The Morgan fingerprint density at radius 2 is 1.63 bits per heavy atom. The highest BCUT2D eigenvalue weighted by molar-refractivity contribution is 6.04. The van der Waals surface area contributed by atoms with E-state index in [9.17, 15) is 4.79 Å². The zero-order chi connectivity index (χ0) is 21.3. The molecule has 30 heavy (non-hydrogen) atoms. The lowest BCUT2D eigenvalue weighted by Gasteiger charge is -2.33. The number of nitrogens with zero attached hydrogens (tertiary/aromatic N) is 4. The molecule has 5 nitrogen and oxygen atoms in total. The van der Waals surface area contributed by atoms with E-state index in [4.69, 9.17) is 5.10 Å². The Morgan fingerprint density at radius 3 is 2.30 bits per heavy atom. The molecule has 1 atom stereocenters. The molecule has 5 heteroatoms. The summed E-state index contributed by atoms with van der Waals surface area (Å²) < 4.78 is 0. The minimum absolute atomic E-state index is 0.0405. The summed E-state index contributed by atoms with van der Waals surface area (Å²) in [5, 5.41) is 6.62. The fourth-order valence-electron chi connectivity index (χ4n) is 4.36. The van der Waals surface area contributed by atoms with Gasteiger partial charge in [0.25, 0.3) is 5.91 Å². The Bertz CT molecular complexity index is 942. The van der Waals surface area contributed by atoms with Crippen LogP contribution in [0.4, 0.5) is 0 Å². The molecule has 0 aromatic heterocycles. The molecule has 2 aromatic rings. The molecule has 2 heterocycles. The second-order valence-corrected chi connectivity index (χ2v) is 8.81. The molecule has 0 N–H and O–H groups in total. The first-order valence-electron chi connectivity index (χ1n) is 10.9. The van der Waals surface area contributed by atoms with Gasteiger partial charge in [-0.15, -0.1) is 0 Å². The number of piperazine rings is 1. The number of hydrazone groups is 1. The van der Waals surface area contributed by atoms with Crippen molar-refractivity contribution in [3.63, 3.8) is 0 Å². The first kappa shape index (κ1) is 20.8. The highest BCUT2D eigenvalue weighted by Crippen LogP contribution is 2.34. The number of amides is 1. The fraction of sp³-hybridized carbons (Fsp3) is 0.440. The Kier molecular flexibility index (Phi) is 6.02. The van der Waals surface area contributed by atoms with Crippen LogP contribution >= 0.6 is 0 Å². The first-order chi connectivity index (χ1) is 14.4. The molecule has 0 bridgehead atoms. The summed E-state index contributed by atoms with van der Waals surface area (Å²) in [6.07, 6.45) is 0.751. The van der Waals surface area contributed by atoms with Gasteiger partial charge in [0.15, 0.2) is 0 Å². The van der Waals surface area contributed by atoms with Crippen LogP contribution in [0.5, 0.6) is 0 Å². The summed E-state index contributed by atoms with van der Waals surface area (Å²) in [6, 6.07) is 14.9. The number of hydrogen-bond acceptors (Lipinski definition) is 4. The monoisotopic (exact) mass is 404 g/mol. The van der Waals surface area contributed by atoms with Crippen molar-refractivity contribution in [3.8, 4) is 0 Å². The maximum absolute atomic E-state index is 13.3. The van der Waals surface area contributed by atoms with Gasteiger partial charge in [-0.25, -0.2) is 5.01 Å². The molecule has 1 unspecified atom stereocenters. The normalized spacial score (nSPS) is 20.5. The SMILES string of the molecule is Cc1ccc(C2CC(c3ccc(C)cc3C)=NN2C(=O)CN2CCN(C)CC2)cc1. The van der Waals surface area contributed by atoms with Crippen LogP contribution in [0.15, 0.2) is 47.6 Å². The molecule has 1 fully saturated rings. The van der Waals surface area contributed by atoms with E-state index in [0.29, 0.717) is 6.54 Å². The largest absolute Gasteiger partial charge is 0.304 e. The molecule has 0 radical (unpaired) electrons. The van der Waals surface area contributed by atoms with Crippen LogP contribution < -0.4 is 0 Å². The Morgan fingerprint density at radius 1 is 0.967 bits per heavy atom. The van der Waals surface area contributed by atoms with Gasteiger partial charge in [0, 0.05) is 38.2 Å². The van der Waals surface area contributed by atoms with Crippen LogP contribution in [0.1, 0.15) is 40.3 Å². The van der Waals surface area contributed by atoms with Crippen molar-refractivity contribution < 1.29 is 4.79 Å². The van der Waals surface area contributed by atoms with Crippen LogP contribution in [0.2, 0.25) is 0 Å². The van der Waals surface area contributed by atoms with E-state index in [0.717, 1.165) is 49.4 Å². The number of rotatable bonds is 4. The molecule has 2 aromatic carbocycles. The maximum atomic E-state index is 13.3. The van der Waals surface area contributed by atoms with Crippen molar-refractivity contribution >= 4 is 11.6 Å². The van der Waals surface area contributed by atoms with E-state index in [1.165, 1.54) is 16.7 Å². The lowest BCUT2D eigenvalue weighted by molar-refractivity contribution is -0.134. The van der Waals surface area contributed by atoms with Gasteiger partial charge in [-0.2, -0.15) is 5.10 Å². The van der Waals surface area contributed by atoms with E-state index >= 15 is 0 Å². The number of carbonyl (C=O) groups is 1. The lowest BCUT2D eigenvalue weighted by atomic mass is 9.95. The molecule has 1 saturated heterocycles. The van der Waals surface area contributed by atoms with Gasteiger partial charge in [-0.05, 0) is 38.9 Å². The van der Waals surface area contributed by atoms with E-state index < -0.39 is 0 Å². The summed E-state index contributed by atoms with van der Waals surface area (Å²) in [4.78, 5) is 17.9. The van der Waals surface area contributed by atoms with Crippen LogP contribution in [0.3, 0.4) is 0 Å². The third kappa shape index (κ3) is 4.47. The number of benzene rings is 2. The minimum atomic E-state index is -0.0405. The predicted molar refractivity (Wildman–Crippen MR) is 122 cm³/mol. The van der Waals surface area contributed by atoms with E-state index in [2.05, 4.69) is 80.1 Å². The summed E-state index contributed by atoms with van der Waals surface area (Å²) in [5.74, 6) is 0.0879. The molecule has 2 aliphatic heterocycles. The van der Waals surface area contributed by atoms with Crippen molar-refractivity contribution in [2.75, 3.05) is 39.8 Å². The van der Waals surface area contributed by atoms with Gasteiger partial charge in [-0.3, -0.25) is 9.69 Å². The fourth-order valence-corrected chi connectivity index (χ4v) is 4.36. The summed E-state index contributed by atoms with van der Waals surface area (Å²) in [6.45, 7) is 10.6. The number of likely N-dealkylation sites (N-methyl/N-ethyl adjacent to an activating group) is 1. The highest BCUT2D eigenvalue weighted by Gasteiger charge is 2.34. The summed E-state index contributed by atoms with van der Waals surface area (Å²) in [5.41, 5.74) is 6.98. The Labute approximate surface area is 180 Å². The molecule has 0 saturated carbocycles. The van der Waals surface area contributed by atoms with Crippen LogP contribution in [0.25, 0.3) is 0 Å². The second-order valence-electron chi connectivity index (χ2n) is 8.81. The van der Waals surface area contributed by atoms with Gasteiger partial charge in [0.1, 0.15) is 0 Å². The molecule has 158 valence electrons. The average Bonchev–Trinajstić information content (AvgIpc) is 3.15. The Hall–Kier alpha value is -2.50. The molecule has 0 aliphatic carbocycles. The zero-order valence-corrected chi connectivity index (χ0v) is 18.6. The van der Waals surface area contributed by atoms with Gasteiger partial charge < -0.3 is 4.90 Å². The second kappa shape index (κ2) is 8.70. The van der Waals surface area contributed by atoms with Crippen molar-refractivity contribution in [1.29, 1.82) is 0 Å². The average molecular weight is 405 g/mol. The number of hydrogen-bond donors (Lipinski definition) is 0. The molecule has 1 amide bonds. The summed E-state index contributed by atoms with van der Waals surface area (Å²) in [7, 11) is 2.13. The van der Waals surface area contributed by atoms with Crippen molar-refractivity contribution in [3.05, 3.63) is 70.3 Å². The van der Waals surface area contributed by atoms with Crippen molar-refractivity contribution in [1.82, 2.24) is 14.8 Å². The standard InChI is InChI=1S/C25H32N4O/c1-18-5-8-21(9-6-18)24-16-23(22-10-7-19(2)15-20(22)3)26-29(24)25(30)17-28-13-11-27(4)12-14-28/h5-10,15,24H,11-14,16-17H2,1-4H3. The predicted octanol–water partition coefficient (Wildman–Crippen LogP) is 3.54. The molecular weight excluding hydrogens is 372 g/mol. The van der Waals surface area contributed by atoms with E-state index in [1.54, 1.807) is 5.01 Å². The maximum Gasteiger partial charge on any atom is 0.257 e. The van der Waals surface area contributed by atoms with Gasteiger partial charge in [0.2, 0.25) is 0 Å². The third-order valence-electron chi connectivity index (χ3n) is 6.28. The first-order valence-corrected chi connectivity index (χ1v) is 10.9. The minimum Gasteiger partial charge on any atom is -0.304 e. The van der Waals surface area contributed by atoms with Crippen molar-refractivity contribution in [2.45, 2.75) is 33.2 Å². The summed E-state index contributed by atoms with van der Waals surface area (Å²) >= 11 is 0. The van der Waals surface area contributed by atoms with Gasteiger partial charge in [0.05, 0.1) is 18.3 Å². The van der Waals surface area contributed by atoms with Crippen LogP contribution in [-0.2, 0) is 4.79 Å². The van der Waals surface area contributed by atoms with E-state index in [1.807, 2.05) is 0 Å². The van der Waals surface area contributed by atoms with Gasteiger partial charge in [-0.1, -0.05) is 53.6 Å². The zero-order valence-electron chi connectivity index (χ0n) is 18.6. The number of carbonyl (C=O) groups excluding carboxylic acids is 1. The van der Waals surface area contributed by atoms with Crippen molar-refractivity contribution in [2.24, 2.45) is 5.10 Å². The number of aryl methyl sites for hydroxylation is 3.